The van der Waals surface area contributed by atoms with E-state index in [0.29, 0.717) is 18.2 Å². The number of unbranched alkanes of at least 4 members (excludes halogenated alkanes) is 2. The Kier molecular flexibility index (Phi) is 7.91. The van der Waals surface area contributed by atoms with Gasteiger partial charge < -0.3 is 10.1 Å². The van der Waals surface area contributed by atoms with Crippen molar-refractivity contribution in [1.82, 2.24) is 15.1 Å². The van der Waals surface area contributed by atoms with Crippen LogP contribution in [0.1, 0.15) is 68.1 Å². The molecule has 2 bridgehead atoms. The highest BCUT2D eigenvalue weighted by Gasteiger charge is 2.45. The zero-order chi connectivity index (χ0) is 25.1. The normalized spacial score (nSPS) is 28.6. The molecule has 198 valence electrons. The third kappa shape index (κ3) is 6.08. The van der Waals surface area contributed by atoms with Crippen molar-refractivity contribution in [3.05, 3.63) is 41.5 Å². The Morgan fingerprint density at radius 3 is 2.69 bits per heavy atom. The molecule has 0 aromatic heterocycles. The maximum Gasteiger partial charge on any atom is 0.573 e. The van der Waals surface area contributed by atoms with Gasteiger partial charge in [0.05, 0.1) is 0 Å². The second-order valence-electron chi connectivity index (χ2n) is 10.9. The molecule has 5 rings (SSSR count). The quantitative estimate of drug-likeness (QED) is 0.381. The minimum Gasteiger partial charge on any atom is -0.406 e. The van der Waals surface area contributed by atoms with Gasteiger partial charge in [0, 0.05) is 30.7 Å². The largest absolute Gasteiger partial charge is 0.573 e. The number of ether oxygens (including phenoxy) is 1. The number of hydrogen-bond donors (Lipinski definition) is 1. The molecule has 3 aliphatic heterocycles. The number of halogens is 3. The number of alkyl halides is 3. The first-order valence-electron chi connectivity index (χ1n) is 13.7. The fourth-order valence-corrected chi connectivity index (χ4v) is 7.06. The standard InChI is InChI=1S/C28H38F3N3O2/c29-28(30,31)36-24-11-9-20(10-12-24)27(35)32-13-3-1-4-14-33-16-6-7-21-17-22-18-23(26(21)33)19-34-15-5-2-8-25(22)34/h9-12,17,22-23,25-26H,1-8,13-16,18-19H2,(H,32,35)/t22-,23+,25+,26+/m0/s1. The van der Waals surface area contributed by atoms with Gasteiger partial charge in [-0.15, -0.1) is 13.2 Å². The topological polar surface area (TPSA) is 44.8 Å². The molecule has 0 saturated carbocycles. The van der Waals surface area contributed by atoms with E-state index in [1.54, 1.807) is 5.57 Å². The van der Waals surface area contributed by atoms with E-state index in [1.807, 2.05) is 0 Å². The molecule has 1 amide bonds. The lowest BCUT2D eigenvalue weighted by molar-refractivity contribution is -0.274. The summed E-state index contributed by atoms with van der Waals surface area (Å²) in [5.41, 5.74) is 2.04. The molecule has 1 aromatic rings. The predicted octanol–water partition coefficient (Wildman–Crippen LogP) is 5.38. The van der Waals surface area contributed by atoms with Crippen LogP contribution < -0.4 is 10.1 Å². The minimum atomic E-state index is -4.73. The Morgan fingerprint density at radius 2 is 1.89 bits per heavy atom. The van der Waals surface area contributed by atoms with Crippen LogP contribution in [0.3, 0.4) is 0 Å². The van der Waals surface area contributed by atoms with Gasteiger partial charge in [-0.25, -0.2) is 0 Å². The highest BCUT2D eigenvalue weighted by Crippen LogP contribution is 2.45. The summed E-state index contributed by atoms with van der Waals surface area (Å²) in [6.07, 6.45) is 9.02. The number of benzene rings is 1. The van der Waals surface area contributed by atoms with Crippen molar-refractivity contribution in [2.75, 3.05) is 32.7 Å². The smallest absolute Gasteiger partial charge is 0.406 e. The zero-order valence-corrected chi connectivity index (χ0v) is 20.9. The van der Waals surface area contributed by atoms with Gasteiger partial charge in [0.1, 0.15) is 5.75 Å². The fourth-order valence-electron chi connectivity index (χ4n) is 7.06. The monoisotopic (exact) mass is 505 g/mol. The van der Waals surface area contributed by atoms with Crippen LogP contribution in [-0.4, -0.2) is 66.9 Å². The molecule has 0 radical (unpaired) electrons. The first-order valence-corrected chi connectivity index (χ1v) is 13.7. The van der Waals surface area contributed by atoms with Crippen molar-refractivity contribution in [3.63, 3.8) is 0 Å². The van der Waals surface area contributed by atoms with E-state index in [1.165, 1.54) is 70.3 Å². The molecule has 36 heavy (non-hydrogen) atoms. The summed E-state index contributed by atoms with van der Waals surface area (Å²) in [5, 5.41) is 2.88. The number of carbonyl (C=O) groups is 1. The van der Waals surface area contributed by atoms with E-state index in [9.17, 15) is 18.0 Å². The molecule has 3 fully saturated rings. The van der Waals surface area contributed by atoms with Crippen LogP contribution in [0.15, 0.2) is 35.9 Å². The minimum absolute atomic E-state index is 0.274. The Balaban J connectivity index is 1.04. The molecule has 3 saturated heterocycles. The second-order valence-corrected chi connectivity index (χ2v) is 10.9. The number of nitrogens with one attached hydrogen (secondary N) is 1. The summed E-state index contributed by atoms with van der Waals surface area (Å²) < 4.78 is 40.7. The number of carbonyl (C=O) groups excluding carboxylic acids is 1. The Labute approximate surface area is 212 Å². The third-order valence-electron chi connectivity index (χ3n) is 8.52. The van der Waals surface area contributed by atoms with Crippen molar-refractivity contribution in [2.45, 2.75) is 76.2 Å². The van der Waals surface area contributed by atoms with Crippen LogP contribution in [0.4, 0.5) is 13.2 Å². The van der Waals surface area contributed by atoms with Crippen molar-refractivity contribution in [2.24, 2.45) is 11.8 Å². The number of hydrogen-bond acceptors (Lipinski definition) is 4. The van der Waals surface area contributed by atoms with E-state index in [-0.39, 0.29) is 11.7 Å². The van der Waals surface area contributed by atoms with Gasteiger partial charge in [0.15, 0.2) is 0 Å². The zero-order valence-electron chi connectivity index (χ0n) is 20.9. The molecule has 1 aliphatic carbocycles. The number of amides is 1. The van der Waals surface area contributed by atoms with E-state index in [0.717, 1.165) is 55.8 Å². The average Bonchev–Trinajstić information content (AvgIpc) is 2.85. The van der Waals surface area contributed by atoms with Crippen molar-refractivity contribution in [3.8, 4) is 5.75 Å². The molecule has 5 nitrogen and oxygen atoms in total. The molecule has 4 atom stereocenters. The van der Waals surface area contributed by atoms with Crippen LogP contribution in [0.2, 0.25) is 0 Å². The molecule has 1 aromatic carbocycles. The molecular formula is C28H38F3N3O2. The summed E-state index contributed by atoms with van der Waals surface area (Å²) in [6, 6.07) is 6.44. The lowest BCUT2D eigenvalue weighted by Crippen LogP contribution is -2.59. The third-order valence-corrected chi connectivity index (χ3v) is 8.52. The van der Waals surface area contributed by atoms with Crippen molar-refractivity contribution < 1.29 is 22.7 Å². The van der Waals surface area contributed by atoms with E-state index < -0.39 is 6.36 Å². The summed E-state index contributed by atoms with van der Waals surface area (Å²) in [5.74, 6) is 0.945. The molecule has 0 spiro atoms. The Hall–Kier alpha value is -2.06. The summed E-state index contributed by atoms with van der Waals surface area (Å²) in [7, 11) is 0. The Bertz CT molecular complexity index is 933. The van der Waals surface area contributed by atoms with Crippen LogP contribution in [0.5, 0.6) is 5.75 Å². The van der Waals surface area contributed by atoms with Crippen LogP contribution in [0.25, 0.3) is 0 Å². The number of piperidine rings is 3. The number of fused-ring (bicyclic) bond motifs is 6. The van der Waals surface area contributed by atoms with Crippen LogP contribution in [-0.2, 0) is 0 Å². The van der Waals surface area contributed by atoms with Gasteiger partial charge in [-0.05, 0) is 101 Å². The van der Waals surface area contributed by atoms with Gasteiger partial charge in [-0.1, -0.05) is 24.5 Å². The highest BCUT2D eigenvalue weighted by molar-refractivity contribution is 5.94. The predicted molar refractivity (Wildman–Crippen MR) is 133 cm³/mol. The van der Waals surface area contributed by atoms with Gasteiger partial charge in [-0.3, -0.25) is 14.6 Å². The van der Waals surface area contributed by atoms with Gasteiger partial charge in [0.25, 0.3) is 5.91 Å². The maximum absolute atomic E-state index is 12.3. The second kappa shape index (κ2) is 11.1. The summed E-state index contributed by atoms with van der Waals surface area (Å²) in [6.45, 7) is 5.42. The lowest BCUT2D eigenvalue weighted by Gasteiger charge is -2.55. The van der Waals surface area contributed by atoms with Gasteiger partial charge in [-0.2, -0.15) is 0 Å². The fraction of sp³-hybridized carbons (Fsp3) is 0.679. The Morgan fingerprint density at radius 1 is 1.06 bits per heavy atom. The maximum atomic E-state index is 12.3. The molecule has 8 heteroatoms. The first-order chi connectivity index (χ1) is 17.4. The van der Waals surface area contributed by atoms with Crippen LogP contribution in [0, 0.1) is 11.8 Å². The van der Waals surface area contributed by atoms with E-state index in [4.69, 9.17) is 0 Å². The summed E-state index contributed by atoms with van der Waals surface area (Å²) in [4.78, 5) is 17.8. The lowest BCUT2D eigenvalue weighted by atomic mass is 9.68. The number of rotatable bonds is 8. The van der Waals surface area contributed by atoms with E-state index >= 15 is 0 Å². The molecule has 0 unspecified atom stereocenters. The number of likely N-dealkylation sites (tertiary alicyclic amines) is 1. The summed E-state index contributed by atoms with van der Waals surface area (Å²) >= 11 is 0. The molecule has 3 heterocycles. The van der Waals surface area contributed by atoms with Crippen molar-refractivity contribution >= 4 is 5.91 Å². The van der Waals surface area contributed by atoms with E-state index in [2.05, 4.69) is 25.9 Å². The molecule has 4 aliphatic rings. The van der Waals surface area contributed by atoms with Gasteiger partial charge in [0.2, 0.25) is 0 Å². The highest BCUT2D eigenvalue weighted by atomic mass is 19.4. The SMILES string of the molecule is O=C(NCCCCCN1CCCC2=C[C@H]3C[C@H](CN4CCCC[C@H]34)[C@@H]21)c1ccc(OC(F)(F)F)cc1. The molecular weight excluding hydrogens is 467 g/mol. The van der Waals surface area contributed by atoms with Gasteiger partial charge >= 0.3 is 6.36 Å². The average molecular weight is 506 g/mol. The molecule has 1 N–H and O–H groups in total. The number of nitrogens with zero attached hydrogens (tertiary/aromatic N) is 2. The van der Waals surface area contributed by atoms with Crippen molar-refractivity contribution in [1.29, 1.82) is 0 Å². The van der Waals surface area contributed by atoms with Crippen LogP contribution >= 0.6 is 0 Å². The first kappa shape index (κ1) is 25.6.